The molecular weight excluding hydrogens is 282 g/mol. The monoisotopic (exact) mass is 295 g/mol. The van der Waals surface area contributed by atoms with Crippen LogP contribution in [0.4, 0.5) is 5.69 Å². The quantitative estimate of drug-likeness (QED) is 0.810. The summed E-state index contributed by atoms with van der Waals surface area (Å²) < 4.78 is 0. The largest absolute Gasteiger partial charge is 0.360 e. The number of anilines is 1. The maximum Gasteiger partial charge on any atom is 0.253 e. The Morgan fingerprint density at radius 3 is 3.14 bits per heavy atom. The van der Waals surface area contributed by atoms with Crippen LogP contribution in [0, 0.1) is 11.3 Å². The zero-order chi connectivity index (χ0) is 15.5. The molecule has 0 aliphatic carbocycles. The second-order valence-electron chi connectivity index (χ2n) is 4.90. The molecule has 110 valence electrons. The predicted molar refractivity (Wildman–Crippen MR) is 78.5 cm³/mol. The van der Waals surface area contributed by atoms with Gasteiger partial charge in [-0.1, -0.05) is 0 Å². The molecule has 8 nitrogen and oxygen atoms in total. The standard InChI is InChI=1S/C14H13N7O/c1-21-5-4-9-6-11(2-3-12(9)14(21)22)16-8-10(7-15)13-17-19-20-18-13/h2-3,6,8,16H,4-5H2,1H3,(H,17,18,19,20). The van der Waals surface area contributed by atoms with E-state index < -0.39 is 0 Å². The second kappa shape index (κ2) is 5.65. The summed E-state index contributed by atoms with van der Waals surface area (Å²) in [7, 11) is 1.80. The average Bonchev–Trinajstić information content (AvgIpc) is 3.06. The topological polar surface area (TPSA) is 111 Å². The first kappa shape index (κ1) is 13.8. The van der Waals surface area contributed by atoms with Gasteiger partial charge in [-0.15, -0.1) is 10.2 Å². The van der Waals surface area contributed by atoms with Gasteiger partial charge in [-0.05, 0) is 35.4 Å². The van der Waals surface area contributed by atoms with Crippen molar-refractivity contribution in [2.45, 2.75) is 6.42 Å². The van der Waals surface area contributed by atoms with Crippen LogP contribution in [0.15, 0.2) is 24.4 Å². The number of nitrogens with one attached hydrogen (secondary N) is 2. The average molecular weight is 295 g/mol. The molecule has 22 heavy (non-hydrogen) atoms. The summed E-state index contributed by atoms with van der Waals surface area (Å²) in [5.74, 6) is 0.262. The van der Waals surface area contributed by atoms with Crippen LogP contribution in [0.2, 0.25) is 0 Å². The molecule has 1 aliphatic rings. The van der Waals surface area contributed by atoms with Crippen molar-refractivity contribution < 1.29 is 4.79 Å². The van der Waals surface area contributed by atoms with E-state index >= 15 is 0 Å². The second-order valence-corrected chi connectivity index (χ2v) is 4.90. The lowest BCUT2D eigenvalue weighted by atomic mass is 9.99. The Hall–Kier alpha value is -3.21. The molecule has 2 aromatic rings. The SMILES string of the molecule is CN1CCc2cc(NC=C(C#N)c3nn[nH]n3)ccc2C1=O. The molecule has 0 saturated heterocycles. The van der Waals surface area contributed by atoms with Gasteiger partial charge < -0.3 is 10.2 Å². The Morgan fingerprint density at radius 1 is 1.55 bits per heavy atom. The summed E-state index contributed by atoms with van der Waals surface area (Å²) in [5.41, 5.74) is 2.79. The summed E-state index contributed by atoms with van der Waals surface area (Å²) in [4.78, 5) is 13.7. The number of rotatable bonds is 3. The lowest BCUT2D eigenvalue weighted by Crippen LogP contribution is -2.34. The third-order valence-electron chi connectivity index (χ3n) is 3.49. The number of nitriles is 1. The number of fused-ring (bicyclic) bond motifs is 1. The Morgan fingerprint density at radius 2 is 2.41 bits per heavy atom. The van der Waals surface area contributed by atoms with Crippen molar-refractivity contribution in [1.82, 2.24) is 25.5 Å². The van der Waals surface area contributed by atoms with E-state index in [1.165, 1.54) is 6.20 Å². The van der Waals surface area contributed by atoms with E-state index in [1.54, 1.807) is 24.1 Å². The normalized spacial score (nSPS) is 14.5. The van der Waals surface area contributed by atoms with Crippen molar-refractivity contribution in [3.8, 4) is 6.07 Å². The number of carbonyl (C=O) groups excluding carboxylic acids is 1. The van der Waals surface area contributed by atoms with Crippen LogP contribution in [0.5, 0.6) is 0 Å². The van der Waals surface area contributed by atoms with E-state index in [0.29, 0.717) is 6.54 Å². The number of carbonyl (C=O) groups is 1. The summed E-state index contributed by atoms with van der Waals surface area (Å²) in [6.07, 6.45) is 2.33. The number of amides is 1. The van der Waals surface area contributed by atoms with Gasteiger partial charge in [0.05, 0.1) is 0 Å². The first-order valence-electron chi connectivity index (χ1n) is 6.68. The highest BCUT2D eigenvalue weighted by atomic mass is 16.2. The number of tetrazole rings is 1. The lowest BCUT2D eigenvalue weighted by Gasteiger charge is -2.25. The van der Waals surface area contributed by atoms with Crippen LogP contribution in [-0.4, -0.2) is 45.0 Å². The number of nitrogens with zero attached hydrogens (tertiary/aromatic N) is 5. The van der Waals surface area contributed by atoms with E-state index in [0.717, 1.165) is 23.2 Å². The molecule has 0 saturated carbocycles. The molecule has 2 heterocycles. The van der Waals surface area contributed by atoms with E-state index in [2.05, 4.69) is 25.9 Å². The molecular formula is C14H13N7O. The van der Waals surface area contributed by atoms with Crippen molar-refractivity contribution >= 4 is 17.2 Å². The first-order valence-corrected chi connectivity index (χ1v) is 6.68. The summed E-state index contributed by atoms with van der Waals surface area (Å²) in [5, 5.41) is 25.4. The molecule has 8 heteroatoms. The fourth-order valence-electron chi connectivity index (χ4n) is 2.27. The zero-order valence-electron chi connectivity index (χ0n) is 11.9. The smallest absolute Gasteiger partial charge is 0.253 e. The number of likely N-dealkylation sites (N-methyl/N-ethyl adjacent to an activating group) is 1. The molecule has 1 aromatic heterocycles. The maximum atomic E-state index is 12.0. The van der Waals surface area contributed by atoms with Crippen molar-refractivity contribution in [2.24, 2.45) is 0 Å². The van der Waals surface area contributed by atoms with Crippen LogP contribution >= 0.6 is 0 Å². The molecule has 0 radical (unpaired) electrons. The predicted octanol–water partition coefficient (Wildman–Crippen LogP) is 0.804. The summed E-state index contributed by atoms with van der Waals surface area (Å²) >= 11 is 0. The van der Waals surface area contributed by atoms with Gasteiger partial charge in [0, 0.05) is 31.0 Å². The Kier molecular flexibility index (Phi) is 3.53. The van der Waals surface area contributed by atoms with Crippen LogP contribution < -0.4 is 5.32 Å². The molecule has 0 unspecified atom stereocenters. The van der Waals surface area contributed by atoms with E-state index in [4.69, 9.17) is 5.26 Å². The minimum Gasteiger partial charge on any atom is -0.360 e. The number of aromatic nitrogens is 4. The molecule has 0 fully saturated rings. The number of hydrogen-bond donors (Lipinski definition) is 2. The van der Waals surface area contributed by atoms with Gasteiger partial charge in [0.15, 0.2) is 0 Å². The number of allylic oxidation sites excluding steroid dienone is 1. The van der Waals surface area contributed by atoms with Crippen molar-refractivity contribution in [3.63, 3.8) is 0 Å². The minimum atomic E-state index is 0.0350. The Balaban J connectivity index is 1.83. The van der Waals surface area contributed by atoms with E-state index in [-0.39, 0.29) is 17.3 Å². The number of hydrogen-bond acceptors (Lipinski definition) is 6. The summed E-state index contributed by atoms with van der Waals surface area (Å²) in [6, 6.07) is 7.52. The van der Waals surface area contributed by atoms with Crippen molar-refractivity contribution in [3.05, 3.63) is 41.4 Å². The van der Waals surface area contributed by atoms with Crippen LogP contribution in [0.1, 0.15) is 21.7 Å². The van der Waals surface area contributed by atoms with Gasteiger partial charge in [0.1, 0.15) is 11.6 Å². The maximum absolute atomic E-state index is 12.0. The highest BCUT2D eigenvalue weighted by molar-refractivity contribution is 5.97. The molecule has 0 atom stereocenters. The molecule has 1 aromatic carbocycles. The van der Waals surface area contributed by atoms with E-state index in [9.17, 15) is 4.79 Å². The molecule has 0 bridgehead atoms. The van der Waals surface area contributed by atoms with Gasteiger partial charge in [0.2, 0.25) is 5.82 Å². The molecule has 1 aliphatic heterocycles. The van der Waals surface area contributed by atoms with Gasteiger partial charge in [-0.2, -0.15) is 10.5 Å². The van der Waals surface area contributed by atoms with Crippen LogP contribution in [-0.2, 0) is 6.42 Å². The highest BCUT2D eigenvalue weighted by Crippen LogP contribution is 2.22. The fourth-order valence-corrected chi connectivity index (χ4v) is 2.27. The summed E-state index contributed by atoms with van der Waals surface area (Å²) in [6.45, 7) is 0.706. The van der Waals surface area contributed by atoms with Crippen molar-refractivity contribution in [1.29, 1.82) is 5.26 Å². The molecule has 3 rings (SSSR count). The first-order chi connectivity index (χ1) is 10.7. The molecule has 0 spiro atoms. The molecule has 1 amide bonds. The molecule has 2 N–H and O–H groups in total. The third-order valence-corrected chi connectivity index (χ3v) is 3.49. The third kappa shape index (κ3) is 2.52. The number of benzene rings is 1. The zero-order valence-corrected chi connectivity index (χ0v) is 11.9. The Bertz CT molecular complexity index is 773. The fraction of sp³-hybridized carbons (Fsp3) is 0.214. The minimum absolute atomic E-state index is 0.0350. The van der Waals surface area contributed by atoms with Gasteiger partial charge >= 0.3 is 0 Å². The lowest BCUT2D eigenvalue weighted by molar-refractivity contribution is 0.0781. The van der Waals surface area contributed by atoms with E-state index in [1.807, 2.05) is 12.1 Å². The van der Waals surface area contributed by atoms with Crippen LogP contribution in [0.25, 0.3) is 5.57 Å². The van der Waals surface area contributed by atoms with Gasteiger partial charge in [-0.25, -0.2) is 0 Å². The van der Waals surface area contributed by atoms with Gasteiger partial charge in [-0.3, -0.25) is 4.79 Å². The van der Waals surface area contributed by atoms with Gasteiger partial charge in [0.25, 0.3) is 5.91 Å². The highest BCUT2D eigenvalue weighted by Gasteiger charge is 2.21. The number of aromatic amines is 1. The Labute approximate surface area is 126 Å². The van der Waals surface area contributed by atoms with Crippen molar-refractivity contribution in [2.75, 3.05) is 18.9 Å². The van der Waals surface area contributed by atoms with Crippen LogP contribution in [0.3, 0.4) is 0 Å². The number of H-pyrrole nitrogens is 1.